The van der Waals surface area contributed by atoms with Gasteiger partial charge in [0.2, 0.25) is 0 Å². The van der Waals surface area contributed by atoms with Crippen molar-refractivity contribution in [1.82, 2.24) is 10.2 Å². The zero-order chi connectivity index (χ0) is 16.4. The highest BCUT2D eigenvalue weighted by molar-refractivity contribution is 7.17. The fourth-order valence-corrected chi connectivity index (χ4v) is 4.51. The van der Waals surface area contributed by atoms with Gasteiger partial charge in [0.25, 0.3) is 5.91 Å². The first-order valence-electron chi connectivity index (χ1n) is 7.92. The van der Waals surface area contributed by atoms with Crippen molar-refractivity contribution >= 4 is 28.8 Å². The Kier molecular flexibility index (Phi) is 5.05. The van der Waals surface area contributed by atoms with Crippen molar-refractivity contribution in [3.8, 4) is 10.4 Å². The van der Waals surface area contributed by atoms with Crippen LogP contribution in [0.4, 0.5) is 0 Å². The van der Waals surface area contributed by atoms with Crippen molar-refractivity contribution < 1.29 is 4.79 Å². The fraction of sp³-hybridized carbons (Fsp3) is 0.389. The quantitative estimate of drug-likeness (QED) is 0.898. The van der Waals surface area contributed by atoms with Gasteiger partial charge in [-0.25, -0.2) is 0 Å². The van der Waals surface area contributed by atoms with Crippen LogP contribution in [0.3, 0.4) is 0 Å². The minimum absolute atomic E-state index is 0.157. The fourth-order valence-electron chi connectivity index (χ4n) is 3.20. The molecule has 0 spiro atoms. The number of amides is 1. The molecule has 3 nitrogen and oxygen atoms in total. The molecule has 1 amide bonds. The summed E-state index contributed by atoms with van der Waals surface area (Å²) in [6, 6.07) is 10.1. The molecule has 1 fully saturated rings. The van der Waals surface area contributed by atoms with Gasteiger partial charge in [0.05, 0.1) is 4.88 Å². The lowest BCUT2D eigenvalue weighted by atomic mass is 10.1. The Morgan fingerprint density at radius 3 is 3.00 bits per heavy atom. The van der Waals surface area contributed by atoms with Crippen LogP contribution in [0.25, 0.3) is 10.4 Å². The predicted octanol–water partition coefficient (Wildman–Crippen LogP) is 4.20. The maximum atomic E-state index is 12.9. The Hall–Kier alpha value is -1.36. The van der Waals surface area contributed by atoms with Crippen LogP contribution in [0, 0.1) is 6.92 Å². The number of hydrogen-bond acceptors (Lipinski definition) is 3. The molecule has 0 radical (unpaired) electrons. The van der Waals surface area contributed by atoms with E-state index >= 15 is 0 Å². The van der Waals surface area contributed by atoms with E-state index in [2.05, 4.69) is 12.2 Å². The second kappa shape index (κ2) is 7.04. The molecule has 1 aliphatic heterocycles. The normalized spacial score (nSPS) is 17.7. The van der Waals surface area contributed by atoms with Crippen molar-refractivity contribution in [2.45, 2.75) is 25.8 Å². The molecule has 2 heterocycles. The summed E-state index contributed by atoms with van der Waals surface area (Å²) in [5, 5.41) is 3.91. The largest absolute Gasteiger partial charge is 0.334 e. The summed E-state index contributed by atoms with van der Waals surface area (Å²) in [5.74, 6) is 0.157. The van der Waals surface area contributed by atoms with Crippen molar-refractivity contribution in [3.63, 3.8) is 0 Å². The lowest BCUT2D eigenvalue weighted by molar-refractivity contribution is 0.0742. The van der Waals surface area contributed by atoms with Gasteiger partial charge in [0.1, 0.15) is 0 Å². The minimum Gasteiger partial charge on any atom is -0.334 e. The molecule has 122 valence electrons. The van der Waals surface area contributed by atoms with Crippen molar-refractivity contribution in [1.29, 1.82) is 0 Å². The molecule has 1 unspecified atom stereocenters. The molecule has 1 aliphatic rings. The monoisotopic (exact) mass is 348 g/mol. The summed E-state index contributed by atoms with van der Waals surface area (Å²) in [7, 11) is 1.94. The molecule has 3 rings (SSSR count). The lowest BCUT2D eigenvalue weighted by Crippen LogP contribution is -2.40. The van der Waals surface area contributed by atoms with Gasteiger partial charge in [-0.05, 0) is 56.1 Å². The summed E-state index contributed by atoms with van der Waals surface area (Å²) < 4.78 is 0. The summed E-state index contributed by atoms with van der Waals surface area (Å²) in [6.07, 6.45) is 2.17. The van der Waals surface area contributed by atoms with E-state index in [1.54, 1.807) is 11.3 Å². The first-order chi connectivity index (χ1) is 11.1. The van der Waals surface area contributed by atoms with E-state index in [0.717, 1.165) is 51.8 Å². The third-order valence-electron chi connectivity index (χ3n) is 4.29. The summed E-state index contributed by atoms with van der Waals surface area (Å²) in [4.78, 5) is 16.8. The summed E-state index contributed by atoms with van der Waals surface area (Å²) in [5.41, 5.74) is 2.21. The zero-order valence-corrected chi connectivity index (χ0v) is 15.0. The van der Waals surface area contributed by atoms with E-state index in [1.807, 2.05) is 42.3 Å². The SMILES string of the molecule is CNCC1CCCN1C(=O)c1cc(C)c(-c2cccc(Cl)c2)s1. The average molecular weight is 349 g/mol. The number of carbonyl (C=O) groups is 1. The minimum atomic E-state index is 0.157. The lowest BCUT2D eigenvalue weighted by Gasteiger charge is -2.23. The first kappa shape index (κ1) is 16.5. The third kappa shape index (κ3) is 3.44. The van der Waals surface area contributed by atoms with Crippen LogP contribution in [-0.2, 0) is 0 Å². The number of nitrogens with zero attached hydrogens (tertiary/aromatic N) is 1. The maximum Gasteiger partial charge on any atom is 0.264 e. The Morgan fingerprint density at radius 1 is 1.43 bits per heavy atom. The van der Waals surface area contributed by atoms with Crippen LogP contribution in [0.2, 0.25) is 5.02 Å². The van der Waals surface area contributed by atoms with Crippen molar-refractivity contribution in [2.75, 3.05) is 20.1 Å². The van der Waals surface area contributed by atoms with Crippen LogP contribution < -0.4 is 5.32 Å². The molecule has 1 aromatic heterocycles. The number of carbonyl (C=O) groups excluding carboxylic acids is 1. The van der Waals surface area contributed by atoms with Gasteiger partial charge in [-0.1, -0.05) is 23.7 Å². The van der Waals surface area contributed by atoms with Crippen LogP contribution in [0.1, 0.15) is 28.1 Å². The number of thiophene rings is 1. The molecule has 1 atom stereocenters. The number of hydrogen-bond donors (Lipinski definition) is 1. The molecule has 2 aromatic rings. The Balaban J connectivity index is 1.87. The van der Waals surface area contributed by atoms with Crippen LogP contribution >= 0.6 is 22.9 Å². The van der Waals surface area contributed by atoms with E-state index in [1.165, 1.54) is 0 Å². The van der Waals surface area contributed by atoms with E-state index in [9.17, 15) is 4.79 Å². The van der Waals surface area contributed by atoms with Gasteiger partial charge in [-0.3, -0.25) is 4.79 Å². The summed E-state index contributed by atoms with van der Waals surface area (Å²) in [6.45, 7) is 3.77. The molecule has 5 heteroatoms. The average Bonchev–Trinajstić information content (AvgIpc) is 3.14. The first-order valence-corrected chi connectivity index (χ1v) is 9.11. The zero-order valence-electron chi connectivity index (χ0n) is 13.4. The second-order valence-electron chi connectivity index (χ2n) is 5.99. The van der Waals surface area contributed by atoms with Gasteiger partial charge in [0.15, 0.2) is 0 Å². The van der Waals surface area contributed by atoms with Crippen LogP contribution in [-0.4, -0.2) is 37.0 Å². The molecule has 1 N–H and O–H groups in total. The Morgan fingerprint density at radius 2 is 2.26 bits per heavy atom. The van der Waals surface area contributed by atoms with Crippen molar-refractivity contribution in [2.24, 2.45) is 0 Å². The maximum absolute atomic E-state index is 12.9. The molecule has 1 aromatic carbocycles. The van der Waals surface area contributed by atoms with Crippen LogP contribution in [0.5, 0.6) is 0 Å². The highest BCUT2D eigenvalue weighted by atomic mass is 35.5. The van der Waals surface area contributed by atoms with E-state index in [4.69, 9.17) is 11.6 Å². The Labute approximate surface area is 146 Å². The van der Waals surface area contributed by atoms with Crippen molar-refractivity contribution in [3.05, 3.63) is 45.8 Å². The molecule has 1 saturated heterocycles. The predicted molar refractivity (Wildman–Crippen MR) is 97.5 cm³/mol. The van der Waals surface area contributed by atoms with Gasteiger partial charge < -0.3 is 10.2 Å². The van der Waals surface area contributed by atoms with E-state index in [0.29, 0.717) is 6.04 Å². The number of likely N-dealkylation sites (tertiary alicyclic amines) is 1. The number of nitrogens with one attached hydrogen (secondary N) is 1. The number of aryl methyl sites for hydroxylation is 1. The van der Waals surface area contributed by atoms with Gasteiger partial charge in [0, 0.05) is 29.0 Å². The number of rotatable bonds is 4. The standard InChI is InChI=1S/C18H21ClN2OS/c1-12-9-16(18(22)21-8-4-7-15(21)11-20-2)23-17(12)13-5-3-6-14(19)10-13/h3,5-6,9-10,15,20H,4,7-8,11H2,1-2H3. The molecular formula is C18H21ClN2OS. The molecule has 23 heavy (non-hydrogen) atoms. The second-order valence-corrected chi connectivity index (χ2v) is 7.47. The molecule has 0 saturated carbocycles. The van der Waals surface area contributed by atoms with Gasteiger partial charge in [-0.15, -0.1) is 11.3 Å². The highest BCUT2D eigenvalue weighted by Gasteiger charge is 2.30. The number of halogens is 1. The van der Waals surface area contributed by atoms with E-state index < -0.39 is 0 Å². The molecular weight excluding hydrogens is 328 g/mol. The molecule has 0 aliphatic carbocycles. The number of likely N-dealkylation sites (N-methyl/N-ethyl adjacent to an activating group) is 1. The van der Waals surface area contributed by atoms with E-state index in [-0.39, 0.29) is 5.91 Å². The number of benzene rings is 1. The van der Waals surface area contributed by atoms with Gasteiger partial charge >= 0.3 is 0 Å². The summed E-state index contributed by atoms with van der Waals surface area (Å²) >= 11 is 7.66. The molecule has 0 bridgehead atoms. The smallest absolute Gasteiger partial charge is 0.264 e. The topological polar surface area (TPSA) is 32.3 Å². The van der Waals surface area contributed by atoms with Gasteiger partial charge in [-0.2, -0.15) is 0 Å². The highest BCUT2D eigenvalue weighted by Crippen LogP contribution is 2.35. The third-order valence-corrected chi connectivity index (χ3v) is 5.80. The van der Waals surface area contributed by atoms with Crippen LogP contribution in [0.15, 0.2) is 30.3 Å². The Bertz CT molecular complexity index is 713.